The van der Waals surface area contributed by atoms with Crippen LogP contribution in [0.4, 0.5) is 5.82 Å². The van der Waals surface area contributed by atoms with E-state index >= 15 is 0 Å². The monoisotopic (exact) mass is 418 g/mol. The number of imidazole rings is 1. The summed E-state index contributed by atoms with van der Waals surface area (Å²) in [6.45, 7) is 2.14. The number of ether oxygens (including phenoxy) is 2. The van der Waals surface area contributed by atoms with Crippen LogP contribution in [0.25, 0.3) is 0 Å². The zero-order valence-electron chi connectivity index (χ0n) is 17.3. The first-order valence-electron chi connectivity index (χ1n) is 10.7. The molecule has 160 valence electrons. The van der Waals surface area contributed by atoms with Gasteiger partial charge < -0.3 is 19.7 Å². The molecule has 1 aromatic heterocycles. The molecule has 3 aromatic rings. The van der Waals surface area contributed by atoms with Crippen LogP contribution in [0.1, 0.15) is 40.7 Å². The first-order valence-corrected chi connectivity index (χ1v) is 10.7. The second-order valence-corrected chi connectivity index (χ2v) is 7.96. The minimum Gasteiger partial charge on any atom is -0.374 e. The molecule has 31 heavy (non-hydrogen) atoms. The normalized spacial score (nSPS) is 20.5. The molecular weight excluding hydrogens is 392 g/mol. The van der Waals surface area contributed by atoms with Crippen molar-refractivity contribution in [1.29, 1.82) is 0 Å². The van der Waals surface area contributed by atoms with Gasteiger partial charge in [-0.3, -0.25) is 9.36 Å². The Morgan fingerprint density at radius 3 is 2.55 bits per heavy atom. The largest absolute Gasteiger partial charge is 0.374 e. The molecule has 2 atom stereocenters. The summed E-state index contributed by atoms with van der Waals surface area (Å²) < 4.78 is 14.0. The molecular formula is C24H26N4O3. The van der Waals surface area contributed by atoms with E-state index in [-0.39, 0.29) is 18.2 Å². The number of carbonyl (C=O) groups is 1. The predicted octanol–water partition coefficient (Wildman–Crippen LogP) is 3.80. The van der Waals surface area contributed by atoms with Crippen LogP contribution in [0.5, 0.6) is 0 Å². The van der Waals surface area contributed by atoms with E-state index in [0.29, 0.717) is 32.1 Å². The summed E-state index contributed by atoms with van der Waals surface area (Å²) in [6.07, 6.45) is 3.40. The van der Waals surface area contributed by atoms with Gasteiger partial charge in [-0.05, 0) is 24.0 Å². The Morgan fingerprint density at radius 1 is 1.03 bits per heavy atom. The van der Waals surface area contributed by atoms with E-state index in [1.807, 2.05) is 53.1 Å². The Labute approximate surface area is 181 Å². The number of fused-ring (bicyclic) bond motifs is 1. The summed E-state index contributed by atoms with van der Waals surface area (Å²) in [6, 6.07) is 20.1. The maximum atomic E-state index is 12.9. The lowest BCUT2D eigenvalue weighted by molar-refractivity contribution is -0.0440. The summed E-state index contributed by atoms with van der Waals surface area (Å²) in [7, 11) is 0. The molecule has 2 aliphatic rings. The van der Waals surface area contributed by atoms with Crippen LogP contribution < -0.4 is 5.32 Å². The summed E-state index contributed by atoms with van der Waals surface area (Å²) in [5, 5.41) is 3.36. The second-order valence-electron chi connectivity index (χ2n) is 7.96. The average Bonchev–Trinajstić information content (AvgIpc) is 3.44. The molecule has 5 rings (SSSR count). The molecule has 1 N–H and O–H groups in total. The SMILES string of the molecule is O=C1c2ncn([C@H]3CC[C@@H](COCc4ccccc4)O3)c2NCN1Cc1ccccc1. The second kappa shape index (κ2) is 8.91. The Bertz CT molecular complexity index is 1020. The van der Waals surface area contributed by atoms with E-state index in [2.05, 4.69) is 22.4 Å². The van der Waals surface area contributed by atoms with Crippen molar-refractivity contribution in [1.82, 2.24) is 14.5 Å². The molecule has 0 saturated carbocycles. The fourth-order valence-corrected chi connectivity index (χ4v) is 4.13. The lowest BCUT2D eigenvalue weighted by Crippen LogP contribution is -2.40. The van der Waals surface area contributed by atoms with E-state index in [0.717, 1.165) is 29.8 Å². The van der Waals surface area contributed by atoms with Gasteiger partial charge in [-0.2, -0.15) is 0 Å². The van der Waals surface area contributed by atoms with Crippen molar-refractivity contribution >= 4 is 11.7 Å². The highest BCUT2D eigenvalue weighted by molar-refractivity contribution is 5.98. The van der Waals surface area contributed by atoms with Crippen molar-refractivity contribution in [2.75, 3.05) is 18.6 Å². The van der Waals surface area contributed by atoms with Gasteiger partial charge >= 0.3 is 0 Å². The van der Waals surface area contributed by atoms with Crippen molar-refractivity contribution in [3.8, 4) is 0 Å². The zero-order valence-corrected chi connectivity index (χ0v) is 17.3. The van der Waals surface area contributed by atoms with Gasteiger partial charge in [-0.1, -0.05) is 60.7 Å². The molecule has 0 radical (unpaired) electrons. The molecule has 7 nitrogen and oxygen atoms in total. The van der Waals surface area contributed by atoms with Crippen LogP contribution >= 0.6 is 0 Å². The van der Waals surface area contributed by atoms with Crippen LogP contribution in [-0.4, -0.2) is 39.7 Å². The summed E-state index contributed by atoms with van der Waals surface area (Å²) in [4.78, 5) is 19.1. The number of carbonyl (C=O) groups excluding carboxylic acids is 1. The Kier molecular flexibility index (Phi) is 5.69. The van der Waals surface area contributed by atoms with Crippen molar-refractivity contribution in [2.45, 2.75) is 38.3 Å². The third kappa shape index (κ3) is 4.33. The van der Waals surface area contributed by atoms with Crippen molar-refractivity contribution < 1.29 is 14.3 Å². The summed E-state index contributed by atoms with van der Waals surface area (Å²) in [5.41, 5.74) is 2.70. The number of rotatable bonds is 7. The Hall–Kier alpha value is -3.16. The lowest BCUT2D eigenvalue weighted by Gasteiger charge is -2.29. The number of anilines is 1. The van der Waals surface area contributed by atoms with E-state index in [4.69, 9.17) is 9.47 Å². The van der Waals surface area contributed by atoms with Crippen LogP contribution in [0.3, 0.4) is 0 Å². The van der Waals surface area contributed by atoms with E-state index in [1.54, 1.807) is 11.2 Å². The molecule has 0 unspecified atom stereocenters. The fourth-order valence-electron chi connectivity index (χ4n) is 4.13. The van der Waals surface area contributed by atoms with Crippen LogP contribution in [0.15, 0.2) is 67.0 Å². The highest BCUT2D eigenvalue weighted by atomic mass is 16.5. The first-order chi connectivity index (χ1) is 15.3. The average molecular weight is 418 g/mol. The zero-order chi connectivity index (χ0) is 21.0. The van der Waals surface area contributed by atoms with Gasteiger partial charge in [-0.15, -0.1) is 0 Å². The summed E-state index contributed by atoms with van der Waals surface area (Å²) in [5.74, 6) is 0.683. The third-order valence-electron chi connectivity index (χ3n) is 5.75. The number of nitrogens with one attached hydrogen (secondary N) is 1. The molecule has 0 aliphatic carbocycles. The maximum absolute atomic E-state index is 12.9. The topological polar surface area (TPSA) is 68.6 Å². The minimum atomic E-state index is -0.137. The molecule has 1 fully saturated rings. The molecule has 0 spiro atoms. The van der Waals surface area contributed by atoms with Gasteiger partial charge in [0.25, 0.3) is 5.91 Å². The first kappa shape index (κ1) is 19.8. The molecule has 3 heterocycles. The van der Waals surface area contributed by atoms with E-state index in [1.165, 1.54) is 0 Å². The molecule has 1 saturated heterocycles. The van der Waals surface area contributed by atoms with Crippen LogP contribution in [-0.2, 0) is 22.6 Å². The van der Waals surface area contributed by atoms with Gasteiger partial charge in [0.15, 0.2) is 5.69 Å². The number of hydrogen-bond donors (Lipinski definition) is 1. The highest BCUT2D eigenvalue weighted by Gasteiger charge is 2.33. The quantitative estimate of drug-likeness (QED) is 0.632. The van der Waals surface area contributed by atoms with E-state index in [9.17, 15) is 4.79 Å². The van der Waals surface area contributed by atoms with Gasteiger partial charge in [-0.25, -0.2) is 4.98 Å². The summed E-state index contributed by atoms with van der Waals surface area (Å²) >= 11 is 0. The number of benzene rings is 2. The predicted molar refractivity (Wildman–Crippen MR) is 116 cm³/mol. The van der Waals surface area contributed by atoms with Gasteiger partial charge in [0.2, 0.25) is 0 Å². The smallest absolute Gasteiger partial charge is 0.278 e. The van der Waals surface area contributed by atoms with Gasteiger partial charge in [0.05, 0.1) is 32.3 Å². The van der Waals surface area contributed by atoms with Crippen LogP contribution in [0.2, 0.25) is 0 Å². The molecule has 2 aliphatic heterocycles. The molecule has 0 bridgehead atoms. The van der Waals surface area contributed by atoms with Crippen molar-refractivity contribution in [3.05, 3.63) is 83.8 Å². The van der Waals surface area contributed by atoms with Gasteiger partial charge in [0, 0.05) is 6.54 Å². The number of nitrogens with zero attached hydrogens (tertiary/aromatic N) is 3. The van der Waals surface area contributed by atoms with Gasteiger partial charge in [0.1, 0.15) is 12.0 Å². The lowest BCUT2D eigenvalue weighted by atomic mass is 10.2. The fraction of sp³-hybridized carbons (Fsp3) is 0.333. The van der Waals surface area contributed by atoms with Crippen molar-refractivity contribution in [2.24, 2.45) is 0 Å². The third-order valence-corrected chi connectivity index (χ3v) is 5.75. The maximum Gasteiger partial charge on any atom is 0.278 e. The van der Waals surface area contributed by atoms with E-state index < -0.39 is 0 Å². The Morgan fingerprint density at radius 2 is 1.77 bits per heavy atom. The van der Waals surface area contributed by atoms with Crippen molar-refractivity contribution in [3.63, 3.8) is 0 Å². The molecule has 2 aromatic carbocycles. The van der Waals surface area contributed by atoms with Crippen LogP contribution in [0, 0.1) is 0 Å². The molecule has 1 amide bonds. The Balaban J connectivity index is 1.18. The number of aromatic nitrogens is 2. The standard InChI is InChI=1S/C24H26N4O3/c29-24-22-23(26-16-27(24)13-18-7-3-1-4-8-18)28(17-25-22)21-12-11-20(31-21)15-30-14-19-9-5-2-6-10-19/h1-10,17,20-21,26H,11-16H2/t20-,21+/m0/s1. The number of hydrogen-bond acceptors (Lipinski definition) is 5. The highest BCUT2D eigenvalue weighted by Crippen LogP contribution is 2.33. The minimum absolute atomic E-state index is 0.0423. The molecule has 7 heteroatoms. The number of amides is 1.